The molecule has 0 radical (unpaired) electrons. The molecular formula is C12H15FO3. The molecule has 1 aliphatic rings. The largest absolute Gasteiger partial charge is 0.394 e. The van der Waals surface area contributed by atoms with Crippen molar-refractivity contribution in [3.63, 3.8) is 0 Å². The van der Waals surface area contributed by atoms with E-state index in [-0.39, 0.29) is 12.4 Å². The smallest absolute Gasteiger partial charge is 0.164 e. The summed E-state index contributed by atoms with van der Waals surface area (Å²) in [6.45, 7) is 3.30. The molecule has 0 aromatic heterocycles. The lowest BCUT2D eigenvalue weighted by atomic mass is 10.0. The van der Waals surface area contributed by atoms with E-state index < -0.39 is 18.0 Å². The number of hydrogen-bond acceptors (Lipinski definition) is 3. The third-order valence-electron chi connectivity index (χ3n) is 2.58. The van der Waals surface area contributed by atoms with Crippen molar-refractivity contribution in [2.24, 2.45) is 0 Å². The van der Waals surface area contributed by atoms with Crippen LogP contribution >= 0.6 is 0 Å². The molecular weight excluding hydrogens is 211 g/mol. The van der Waals surface area contributed by atoms with Crippen molar-refractivity contribution < 1.29 is 19.0 Å². The summed E-state index contributed by atoms with van der Waals surface area (Å²) in [6.07, 6.45) is -1.08. The lowest BCUT2D eigenvalue weighted by Crippen LogP contribution is -2.23. The van der Waals surface area contributed by atoms with Crippen LogP contribution in [0.4, 0.5) is 4.39 Å². The highest BCUT2D eigenvalue weighted by Gasteiger charge is 2.42. The predicted octanol–water partition coefficient (Wildman–Crippen LogP) is 2.01. The van der Waals surface area contributed by atoms with Crippen LogP contribution in [-0.2, 0) is 9.47 Å². The minimum absolute atomic E-state index is 0.192. The van der Waals surface area contributed by atoms with Gasteiger partial charge in [-0.15, -0.1) is 0 Å². The Balaban J connectivity index is 2.30. The molecule has 1 fully saturated rings. The molecule has 2 atom stereocenters. The molecule has 16 heavy (non-hydrogen) atoms. The molecule has 1 aromatic carbocycles. The van der Waals surface area contributed by atoms with E-state index in [9.17, 15) is 9.50 Å². The van der Waals surface area contributed by atoms with Gasteiger partial charge in [0, 0.05) is 5.56 Å². The number of aliphatic hydroxyl groups excluding tert-OH is 1. The Morgan fingerprint density at radius 2 is 2.00 bits per heavy atom. The number of ether oxygens (including phenoxy) is 2. The molecule has 0 amide bonds. The normalized spacial score (nSPS) is 28.2. The highest BCUT2D eigenvalue weighted by molar-refractivity contribution is 5.22. The van der Waals surface area contributed by atoms with Crippen molar-refractivity contribution in [2.75, 3.05) is 6.61 Å². The Morgan fingerprint density at radius 1 is 1.31 bits per heavy atom. The van der Waals surface area contributed by atoms with Crippen molar-refractivity contribution in [1.29, 1.82) is 0 Å². The van der Waals surface area contributed by atoms with Crippen LogP contribution < -0.4 is 0 Å². The number of aliphatic hydroxyl groups is 1. The van der Waals surface area contributed by atoms with Crippen molar-refractivity contribution in [2.45, 2.75) is 31.8 Å². The van der Waals surface area contributed by atoms with Gasteiger partial charge in [0.1, 0.15) is 18.0 Å². The molecule has 1 aliphatic heterocycles. The van der Waals surface area contributed by atoms with Crippen LogP contribution in [-0.4, -0.2) is 23.6 Å². The minimum Gasteiger partial charge on any atom is -0.394 e. The van der Waals surface area contributed by atoms with Gasteiger partial charge in [-0.05, 0) is 19.9 Å². The number of benzene rings is 1. The first kappa shape index (κ1) is 11.5. The lowest BCUT2D eigenvalue weighted by molar-refractivity contribution is -0.149. The number of hydrogen-bond donors (Lipinski definition) is 1. The van der Waals surface area contributed by atoms with Crippen molar-refractivity contribution in [3.05, 3.63) is 35.6 Å². The summed E-state index contributed by atoms with van der Waals surface area (Å²) in [7, 11) is 0. The van der Waals surface area contributed by atoms with Gasteiger partial charge in [0.25, 0.3) is 0 Å². The molecule has 2 rings (SSSR count). The summed E-state index contributed by atoms with van der Waals surface area (Å²) in [5.41, 5.74) is 0.423. The van der Waals surface area contributed by atoms with E-state index in [4.69, 9.17) is 9.47 Å². The van der Waals surface area contributed by atoms with Gasteiger partial charge in [0.15, 0.2) is 5.79 Å². The quantitative estimate of drug-likeness (QED) is 0.838. The van der Waals surface area contributed by atoms with Crippen LogP contribution in [0.15, 0.2) is 24.3 Å². The average Bonchev–Trinajstić information content (AvgIpc) is 2.54. The van der Waals surface area contributed by atoms with E-state index in [1.165, 1.54) is 6.07 Å². The monoisotopic (exact) mass is 226 g/mol. The summed E-state index contributed by atoms with van der Waals surface area (Å²) in [6, 6.07) is 6.38. The van der Waals surface area contributed by atoms with E-state index in [1.54, 1.807) is 32.0 Å². The fourth-order valence-electron chi connectivity index (χ4n) is 1.94. The Hall–Kier alpha value is -0.970. The van der Waals surface area contributed by atoms with Gasteiger partial charge in [0.05, 0.1) is 6.61 Å². The molecule has 1 N–H and O–H groups in total. The Bertz CT molecular complexity index is 378. The maximum atomic E-state index is 13.6. The maximum absolute atomic E-state index is 13.6. The summed E-state index contributed by atoms with van der Waals surface area (Å²) < 4.78 is 24.7. The van der Waals surface area contributed by atoms with Crippen LogP contribution in [0.3, 0.4) is 0 Å². The first-order chi connectivity index (χ1) is 7.53. The second-order valence-corrected chi connectivity index (χ2v) is 4.30. The summed E-state index contributed by atoms with van der Waals surface area (Å²) in [4.78, 5) is 0. The maximum Gasteiger partial charge on any atom is 0.164 e. The van der Waals surface area contributed by atoms with Crippen LogP contribution in [0.25, 0.3) is 0 Å². The second-order valence-electron chi connectivity index (χ2n) is 4.30. The fourth-order valence-corrected chi connectivity index (χ4v) is 1.94. The van der Waals surface area contributed by atoms with Gasteiger partial charge in [0.2, 0.25) is 0 Å². The van der Waals surface area contributed by atoms with E-state index in [1.807, 2.05) is 0 Å². The zero-order valence-corrected chi connectivity index (χ0v) is 9.31. The summed E-state index contributed by atoms with van der Waals surface area (Å²) >= 11 is 0. The first-order valence-electron chi connectivity index (χ1n) is 5.24. The van der Waals surface area contributed by atoms with Gasteiger partial charge < -0.3 is 14.6 Å². The SMILES string of the molecule is CC1(C)O[C@@H](CO)[C@H](c2ccccc2F)O1. The van der Waals surface area contributed by atoms with Crippen molar-refractivity contribution in [1.82, 2.24) is 0 Å². The molecule has 3 nitrogen and oxygen atoms in total. The fraction of sp³-hybridized carbons (Fsp3) is 0.500. The van der Waals surface area contributed by atoms with Crippen molar-refractivity contribution >= 4 is 0 Å². The molecule has 1 saturated heterocycles. The highest BCUT2D eigenvalue weighted by atomic mass is 19.1. The minimum atomic E-state index is -0.791. The third-order valence-corrected chi connectivity index (χ3v) is 2.58. The van der Waals surface area contributed by atoms with Gasteiger partial charge >= 0.3 is 0 Å². The average molecular weight is 226 g/mol. The molecule has 0 unspecified atom stereocenters. The first-order valence-corrected chi connectivity index (χ1v) is 5.24. The predicted molar refractivity (Wildman–Crippen MR) is 56.3 cm³/mol. The van der Waals surface area contributed by atoms with Crippen LogP contribution in [0.5, 0.6) is 0 Å². The van der Waals surface area contributed by atoms with E-state index in [2.05, 4.69) is 0 Å². The molecule has 1 aromatic rings. The molecule has 0 spiro atoms. The van der Waals surface area contributed by atoms with Gasteiger partial charge in [-0.2, -0.15) is 0 Å². The van der Waals surface area contributed by atoms with Gasteiger partial charge in [-0.25, -0.2) is 4.39 Å². The van der Waals surface area contributed by atoms with Crippen LogP contribution in [0, 0.1) is 5.82 Å². The van der Waals surface area contributed by atoms with Crippen molar-refractivity contribution in [3.8, 4) is 0 Å². The second kappa shape index (κ2) is 4.13. The Kier molecular flexibility index (Phi) is 2.97. The molecule has 1 heterocycles. The topological polar surface area (TPSA) is 38.7 Å². The molecule has 4 heteroatoms. The lowest BCUT2D eigenvalue weighted by Gasteiger charge is -2.17. The number of rotatable bonds is 2. The zero-order chi connectivity index (χ0) is 11.8. The molecule has 0 bridgehead atoms. The molecule has 0 aliphatic carbocycles. The zero-order valence-electron chi connectivity index (χ0n) is 9.31. The Labute approximate surface area is 93.8 Å². The van der Waals surface area contributed by atoms with Gasteiger partial charge in [-0.1, -0.05) is 18.2 Å². The van der Waals surface area contributed by atoms with Crippen LogP contribution in [0.2, 0.25) is 0 Å². The van der Waals surface area contributed by atoms with E-state index in [0.29, 0.717) is 5.56 Å². The van der Waals surface area contributed by atoms with E-state index in [0.717, 1.165) is 0 Å². The van der Waals surface area contributed by atoms with Crippen LogP contribution in [0.1, 0.15) is 25.5 Å². The summed E-state index contributed by atoms with van der Waals surface area (Å²) in [5.74, 6) is -1.13. The molecule has 0 saturated carbocycles. The third kappa shape index (κ3) is 2.09. The molecule has 88 valence electrons. The van der Waals surface area contributed by atoms with E-state index >= 15 is 0 Å². The standard InChI is InChI=1S/C12H15FO3/c1-12(2)15-10(7-14)11(16-12)8-5-3-4-6-9(8)13/h3-6,10-11,14H,7H2,1-2H3/t10-,11-/m0/s1. The summed E-state index contributed by atoms with van der Waals surface area (Å²) in [5, 5.41) is 9.19. The highest BCUT2D eigenvalue weighted by Crippen LogP contribution is 2.38. The Morgan fingerprint density at radius 3 is 2.62 bits per heavy atom. The van der Waals surface area contributed by atoms with Gasteiger partial charge in [-0.3, -0.25) is 0 Å². The number of halogens is 1.